The van der Waals surface area contributed by atoms with Crippen LogP contribution in [0.2, 0.25) is 0 Å². The molecule has 1 aromatic heterocycles. The first-order valence-electron chi connectivity index (χ1n) is 8.30. The maximum Gasteiger partial charge on any atom is 0.515 e. The van der Waals surface area contributed by atoms with Crippen molar-refractivity contribution in [1.82, 2.24) is 9.88 Å². The number of aromatic nitrogens is 1. The Morgan fingerprint density at radius 3 is 2.28 bits per heavy atom. The van der Waals surface area contributed by atoms with Crippen LogP contribution in [0.1, 0.15) is 52.8 Å². The maximum atomic E-state index is 12.2. The van der Waals surface area contributed by atoms with E-state index in [1.807, 2.05) is 20.8 Å². The Bertz CT molecular complexity index is 658. The van der Waals surface area contributed by atoms with E-state index in [0.29, 0.717) is 19.5 Å². The Balaban J connectivity index is 2.01. The van der Waals surface area contributed by atoms with E-state index in [9.17, 15) is 9.59 Å². The van der Waals surface area contributed by atoms with Crippen LogP contribution < -0.4 is 4.74 Å². The van der Waals surface area contributed by atoms with Gasteiger partial charge in [0.15, 0.2) is 0 Å². The highest BCUT2D eigenvalue weighted by Crippen LogP contribution is 2.22. The lowest BCUT2D eigenvalue weighted by atomic mass is 10.1. The van der Waals surface area contributed by atoms with Crippen molar-refractivity contribution in [2.45, 2.75) is 65.7 Å². The number of pyridine rings is 1. The maximum absolute atomic E-state index is 12.2. The van der Waals surface area contributed by atoms with E-state index in [2.05, 4.69) is 4.98 Å². The van der Waals surface area contributed by atoms with Gasteiger partial charge in [-0.3, -0.25) is 0 Å². The van der Waals surface area contributed by atoms with E-state index in [1.165, 1.54) is 0 Å². The number of fused-ring (bicyclic) bond motifs is 1. The molecule has 1 aliphatic heterocycles. The molecule has 1 aliphatic rings. The molecule has 0 bridgehead atoms. The van der Waals surface area contributed by atoms with Gasteiger partial charge in [0.1, 0.15) is 11.2 Å². The van der Waals surface area contributed by atoms with Crippen molar-refractivity contribution in [2.24, 2.45) is 0 Å². The van der Waals surface area contributed by atoms with Gasteiger partial charge in [0.2, 0.25) is 5.88 Å². The summed E-state index contributed by atoms with van der Waals surface area (Å²) in [6.45, 7) is 11.7. The van der Waals surface area contributed by atoms with Crippen LogP contribution in [0.3, 0.4) is 0 Å². The number of carbonyl (C=O) groups is 2. The summed E-state index contributed by atoms with van der Waals surface area (Å²) < 4.78 is 15.6. The van der Waals surface area contributed by atoms with E-state index >= 15 is 0 Å². The van der Waals surface area contributed by atoms with Crippen LogP contribution in [0.5, 0.6) is 5.88 Å². The highest BCUT2D eigenvalue weighted by molar-refractivity contribution is 5.68. The quantitative estimate of drug-likeness (QED) is 0.719. The molecule has 138 valence electrons. The molecule has 1 aromatic rings. The number of nitrogens with zero attached hydrogens (tertiary/aromatic N) is 2. The van der Waals surface area contributed by atoms with E-state index in [1.54, 1.807) is 37.8 Å². The first-order valence-corrected chi connectivity index (χ1v) is 8.30. The van der Waals surface area contributed by atoms with Crippen LogP contribution in [0.15, 0.2) is 12.1 Å². The summed E-state index contributed by atoms with van der Waals surface area (Å²) in [5.41, 5.74) is 0.564. The van der Waals surface area contributed by atoms with Gasteiger partial charge in [-0.15, -0.1) is 0 Å². The molecule has 2 heterocycles. The van der Waals surface area contributed by atoms with E-state index in [0.717, 1.165) is 11.3 Å². The van der Waals surface area contributed by atoms with Gasteiger partial charge < -0.3 is 19.1 Å². The van der Waals surface area contributed by atoms with Gasteiger partial charge in [0, 0.05) is 19.0 Å². The fourth-order valence-corrected chi connectivity index (χ4v) is 2.29. The van der Waals surface area contributed by atoms with Gasteiger partial charge in [0.05, 0.1) is 12.2 Å². The van der Waals surface area contributed by atoms with Crippen LogP contribution in [0.4, 0.5) is 9.59 Å². The molecule has 7 heteroatoms. The molecular formula is C18H26N2O5. The molecule has 0 spiro atoms. The third-order valence-electron chi connectivity index (χ3n) is 3.25. The highest BCUT2D eigenvalue weighted by Gasteiger charge is 2.27. The number of ether oxygens (including phenoxy) is 3. The molecule has 7 nitrogen and oxygen atoms in total. The fourth-order valence-electron chi connectivity index (χ4n) is 2.29. The highest BCUT2D eigenvalue weighted by atomic mass is 16.7. The third kappa shape index (κ3) is 5.92. The lowest BCUT2D eigenvalue weighted by Crippen LogP contribution is -2.40. The van der Waals surface area contributed by atoms with Gasteiger partial charge in [-0.1, -0.05) is 6.07 Å². The van der Waals surface area contributed by atoms with Crippen LogP contribution >= 0.6 is 0 Å². The van der Waals surface area contributed by atoms with Crippen LogP contribution in [-0.4, -0.2) is 39.9 Å². The second kappa shape index (κ2) is 6.90. The summed E-state index contributed by atoms with van der Waals surface area (Å²) >= 11 is 0. The summed E-state index contributed by atoms with van der Waals surface area (Å²) in [6.07, 6.45) is -0.557. The number of rotatable bonds is 1. The predicted octanol–water partition coefficient (Wildman–Crippen LogP) is 3.69. The average molecular weight is 350 g/mol. The zero-order chi connectivity index (χ0) is 18.8. The van der Waals surface area contributed by atoms with Gasteiger partial charge in [-0.2, -0.15) is 0 Å². The smallest absolute Gasteiger partial charge is 0.444 e. The van der Waals surface area contributed by atoms with Gasteiger partial charge in [-0.25, -0.2) is 14.6 Å². The van der Waals surface area contributed by atoms with Crippen molar-refractivity contribution < 1.29 is 23.8 Å². The number of carbonyl (C=O) groups excluding carboxylic acids is 2. The first kappa shape index (κ1) is 19.0. The standard InChI is InChI=1S/C18H26N2O5/c1-17(2,3)24-15(21)20-10-9-13-12(11-20)7-8-14(19-13)23-16(22)25-18(4,5)6/h7-8H,9-11H2,1-6H3. The molecule has 0 unspecified atom stereocenters. The normalized spacial score (nSPS) is 14.6. The van der Waals surface area contributed by atoms with Crippen molar-refractivity contribution in [3.63, 3.8) is 0 Å². The molecule has 0 N–H and O–H groups in total. The Morgan fingerprint density at radius 2 is 1.68 bits per heavy atom. The van der Waals surface area contributed by atoms with Crippen LogP contribution in [0.25, 0.3) is 0 Å². The molecular weight excluding hydrogens is 324 g/mol. The van der Waals surface area contributed by atoms with Crippen molar-refractivity contribution >= 4 is 12.2 Å². The number of amides is 1. The van der Waals surface area contributed by atoms with Crippen molar-refractivity contribution in [2.75, 3.05) is 6.54 Å². The molecule has 0 aliphatic carbocycles. The largest absolute Gasteiger partial charge is 0.515 e. The Hall–Kier alpha value is -2.31. The summed E-state index contributed by atoms with van der Waals surface area (Å²) in [4.78, 5) is 29.9. The Kier molecular flexibility index (Phi) is 5.25. The Morgan fingerprint density at radius 1 is 1.04 bits per heavy atom. The lowest BCUT2D eigenvalue weighted by Gasteiger charge is -2.30. The van der Waals surface area contributed by atoms with Crippen LogP contribution in [-0.2, 0) is 22.4 Å². The monoisotopic (exact) mass is 350 g/mol. The summed E-state index contributed by atoms with van der Waals surface area (Å²) in [6, 6.07) is 3.40. The van der Waals surface area contributed by atoms with Crippen molar-refractivity contribution in [1.29, 1.82) is 0 Å². The summed E-state index contributed by atoms with van der Waals surface area (Å²) in [7, 11) is 0. The fraction of sp³-hybridized carbons (Fsp3) is 0.611. The lowest BCUT2D eigenvalue weighted by molar-refractivity contribution is 0.0196. The molecule has 1 amide bonds. The first-order chi connectivity index (χ1) is 11.4. The topological polar surface area (TPSA) is 78.0 Å². The second-order valence-electron chi connectivity index (χ2n) is 7.97. The number of hydrogen-bond acceptors (Lipinski definition) is 6. The van der Waals surface area contributed by atoms with Crippen molar-refractivity contribution in [3.05, 3.63) is 23.4 Å². The van der Waals surface area contributed by atoms with Gasteiger partial charge >= 0.3 is 12.2 Å². The second-order valence-corrected chi connectivity index (χ2v) is 7.97. The molecule has 0 atom stereocenters. The molecule has 0 saturated carbocycles. The average Bonchev–Trinajstić information content (AvgIpc) is 2.42. The SMILES string of the molecule is CC(C)(C)OC(=O)Oc1ccc2c(n1)CCN(C(=O)OC(C)(C)C)C2. The minimum Gasteiger partial charge on any atom is -0.444 e. The van der Waals surface area contributed by atoms with E-state index in [-0.39, 0.29) is 12.0 Å². The molecule has 0 aromatic carbocycles. The number of hydrogen-bond donors (Lipinski definition) is 0. The minimum atomic E-state index is -0.786. The van der Waals surface area contributed by atoms with Gasteiger partial charge in [0.25, 0.3) is 0 Å². The third-order valence-corrected chi connectivity index (χ3v) is 3.25. The molecule has 0 saturated heterocycles. The van der Waals surface area contributed by atoms with Crippen molar-refractivity contribution in [3.8, 4) is 5.88 Å². The van der Waals surface area contributed by atoms with Crippen LogP contribution in [0, 0.1) is 0 Å². The minimum absolute atomic E-state index is 0.193. The van der Waals surface area contributed by atoms with E-state index in [4.69, 9.17) is 14.2 Å². The Labute approximate surface area is 148 Å². The van der Waals surface area contributed by atoms with Gasteiger partial charge in [-0.05, 0) is 47.1 Å². The summed E-state index contributed by atoms with van der Waals surface area (Å²) in [5, 5.41) is 0. The zero-order valence-electron chi connectivity index (χ0n) is 15.7. The molecule has 0 fully saturated rings. The molecule has 25 heavy (non-hydrogen) atoms. The molecule has 0 radical (unpaired) electrons. The zero-order valence-corrected chi connectivity index (χ0v) is 15.7. The van der Waals surface area contributed by atoms with E-state index < -0.39 is 17.4 Å². The predicted molar refractivity (Wildman–Crippen MR) is 91.4 cm³/mol. The molecule has 2 rings (SSSR count). The summed E-state index contributed by atoms with van der Waals surface area (Å²) in [5.74, 6) is 0.193.